The molecule has 0 aliphatic rings. The number of rotatable bonds is 8. The number of amides is 1. The van der Waals surface area contributed by atoms with E-state index in [-0.39, 0.29) is 5.91 Å². The molecule has 0 saturated heterocycles. The van der Waals surface area contributed by atoms with Gasteiger partial charge in [0, 0.05) is 25.5 Å². The zero-order valence-corrected chi connectivity index (χ0v) is 17.5. The van der Waals surface area contributed by atoms with Crippen LogP contribution >= 0.6 is 0 Å². The highest BCUT2D eigenvalue weighted by molar-refractivity contribution is 5.96. The third kappa shape index (κ3) is 4.83. The van der Waals surface area contributed by atoms with E-state index in [9.17, 15) is 4.79 Å². The number of nitrogens with zero attached hydrogens (tertiary/aromatic N) is 3. The summed E-state index contributed by atoms with van der Waals surface area (Å²) in [4.78, 5) is 17.0. The number of nitrogens with one attached hydrogen (secondary N) is 1. The summed E-state index contributed by atoms with van der Waals surface area (Å²) in [5.74, 6) is 1.05. The summed E-state index contributed by atoms with van der Waals surface area (Å²) >= 11 is 0. The molecule has 1 N–H and O–H groups in total. The van der Waals surface area contributed by atoms with E-state index in [0.717, 1.165) is 22.4 Å². The van der Waals surface area contributed by atoms with Crippen molar-refractivity contribution in [3.63, 3.8) is 0 Å². The lowest BCUT2D eigenvalue weighted by Crippen LogP contribution is -2.24. The van der Waals surface area contributed by atoms with E-state index in [1.54, 1.807) is 24.7 Å². The lowest BCUT2D eigenvalue weighted by Gasteiger charge is -2.13. The minimum atomic E-state index is -0.188. The van der Waals surface area contributed by atoms with Gasteiger partial charge in [-0.2, -0.15) is 0 Å². The van der Waals surface area contributed by atoms with Gasteiger partial charge in [0.05, 0.1) is 23.1 Å². The molecule has 0 bridgehead atoms. The van der Waals surface area contributed by atoms with Gasteiger partial charge in [0.15, 0.2) is 0 Å². The van der Waals surface area contributed by atoms with Gasteiger partial charge in [-0.05, 0) is 37.1 Å². The van der Waals surface area contributed by atoms with E-state index in [1.165, 1.54) is 0 Å². The summed E-state index contributed by atoms with van der Waals surface area (Å²) in [6.45, 7) is 5.12. The van der Waals surface area contributed by atoms with Gasteiger partial charge in [-0.25, -0.2) is 4.98 Å². The van der Waals surface area contributed by atoms with Crippen molar-refractivity contribution in [3.05, 3.63) is 101 Å². The molecule has 7 heteroatoms. The zero-order valence-electron chi connectivity index (χ0n) is 17.5. The molecule has 0 unspecified atom stereocenters. The highest BCUT2D eigenvalue weighted by Gasteiger charge is 2.15. The standard InChI is InChI=1S/C24H24N4O3/c1-17-22(18(2)31-27-17)15-30-23-10-6-5-9-21(23)24(29)26-13-19-7-3-4-8-20(19)14-28-12-11-25-16-28/h3-12,16H,13-15H2,1-2H3,(H,26,29). The second-order valence-electron chi connectivity index (χ2n) is 7.27. The summed E-state index contributed by atoms with van der Waals surface area (Å²) in [6, 6.07) is 15.3. The van der Waals surface area contributed by atoms with Crippen molar-refractivity contribution >= 4 is 5.91 Å². The van der Waals surface area contributed by atoms with Crippen LogP contribution in [0, 0.1) is 13.8 Å². The number of imidazole rings is 1. The van der Waals surface area contributed by atoms with Crippen molar-refractivity contribution in [2.45, 2.75) is 33.5 Å². The van der Waals surface area contributed by atoms with Gasteiger partial charge in [-0.1, -0.05) is 41.6 Å². The van der Waals surface area contributed by atoms with Crippen molar-refractivity contribution in [2.75, 3.05) is 0 Å². The summed E-state index contributed by atoms with van der Waals surface area (Å²) in [5, 5.41) is 6.96. The van der Waals surface area contributed by atoms with Crippen LogP contribution in [0.2, 0.25) is 0 Å². The number of aryl methyl sites for hydroxylation is 2. The molecule has 0 saturated carbocycles. The van der Waals surface area contributed by atoms with Crippen molar-refractivity contribution in [3.8, 4) is 5.75 Å². The molecule has 0 aliphatic carbocycles. The maximum absolute atomic E-state index is 12.9. The maximum Gasteiger partial charge on any atom is 0.255 e. The van der Waals surface area contributed by atoms with Crippen LogP contribution in [-0.2, 0) is 19.7 Å². The second-order valence-corrected chi connectivity index (χ2v) is 7.27. The zero-order chi connectivity index (χ0) is 21.6. The fourth-order valence-electron chi connectivity index (χ4n) is 3.37. The molecule has 0 radical (unpaired) electrons. The monoisotopic (exact) mass is 416 g/mol. The van der Waals surface area contributed by atoms with Crippen LogP contribution in [0.1, 0.15) is 38.5 Å². The molecule has 31 heavy (non-hydrogen) atoms. The molecule has 0 aliphatic heterocycles. The Hall–Kier alpha value is -3.87. The van der Waals surface area contributed by atoms with Crippen LogP contribution in [0.5, 0.6) is 5.75 Å². The molecular weight excluding hydrogens is 392 g/mol. The third-order valence-corrected chi connectivity index (χ3v) is 5.15. The topological polar surface area (TPSA) is 82.2 Å². The highest BCUT2D eigenvalue weighted by atomic mass is 16.5. The average Bonchev–Trinajstić information content (AvgIpc) is 3.41. The Labute approximate surface area is 180 Å². The summed E-state index contributed by atoms with van der Waals surface area (Å²) < 4.78 is 13.1. The minimum absolute atomic E-state index is 0.188. The lowest BCUT2D eigenvalue weighted by molar-refractivity contribution is 0.0946. The first kappa shape index (κ1) is 20.4. The maximum atomic E-state index is 12.9. The van der Waals surface area contributed by atoms with Crippen molar-refractivity contribution in [1.29, 1.82) is 0 Å². The van der Waals surface area contributed by atoms with Crippen LogP contribution in [0.4, 0.5) is 0 Å². The number of benzene rings is 2. The molecule has 2 aromatic carbocycles. The summed E-state index contributed by atoms with van der Waals surface area (Å²) in [5.41, 5.74) is 4.35. The van der Waals surface area contributed by atoms with Crippen molar-refractivity contribution in [2.24, 2.45) is 0 Å². The van der Waals surface area contributed by atoms with Crippen molar-refractivity contribution in [1.82, 2.24) is 20.0 Å². The van der Waals surface area contributed by atoms with Gasteiger partial charge in [0.25, 0.3) is 5.91 Å². The minimum Gasteiger partial charge on any atom is -0.488 e. The molecular formula is C24H24N4O3. The highest BCUT2D eigenvalue weighted by Crippen LogP contribution is 2.22. The summed E-state index contributed by atoms with van der Waals surface area (Å²) in [6.07, 6.45) is 5.45. The van der Waals surface area contributed by atoms with Gasteiger partial charge in [-0.3, -0.25) is 4.79 Å². The van der Waals surface area contributed by atoms with Gasteiger partial charge in [-0.15, -0.1) is 0 Å². The fourth-order valence-corrected chi connectivity index (χ4v) is 3.37. The van der Waals surface area contributed by atoms with Crippen LogP contribution in [0.25, 0.3) is 0 Å². The predicted octanol–water partition coefficient (Wildman–Crippen LogP) is 4.05. The van der Waals surface area contributed by atoms with Crippen LogP contribution in [-0.4, -0.2) is 20.6 Å². The number of hydrogen-bond acceptors (Lipinski definition) is 5. The molecule has 158 valence electrons. The van der Waals surface area contributed by atoms with Crippen LogP contribution in [0.3, 0.4) is 0 Å². The molecule has 1 amide bonds. The van der Waals surface area contributed by atoms with E-state index in [2.05, 4.69) is 21.5 Å². The number of para-hydroxylation sites is 1. The fraction of sp³-hybridized carbons (Fsp3) is 0.208. The Kier molecular flexibility index (Phi) is 6.12. The molecule has 2 aromatic heterocycles. The molecule has 4 rings (SSSR count). The molecule has 4 aromatic rings. The number of aromatic nitrogens is 3. The van der Waals surface area contributed by atoms with Gasteiger partial charge in [0.1, 0.15) is 18.1 Å². The predicted molar refractivity (Wildman–Crippen MR) is 116 cm³/mol. The Balaban J connectivity index is 1.44. The lowest BCUT2D eigenvalue weighted by atomic mass is 10.1. The van der Waals surface area contributed by atoms with E-state index in [0.29, 0.717) is 36.8 Å². The quantitative estimate of drug-likeness (QED) is 0.469. The van der Waals surface area contributed by atoms with Gasteiger partial charge >= 0.3 is 0 Å². The van der Waals surface area contributed by atoms with E-state index in [1.807, 2.05) is 54.9 Å². The molecule has 7 nitrogen and oxygen atoms in total. The Morgan fingerprint density at radius 3 is 2.61 bits per heavy atom. The Morgan fingerprint density at radius 2 is 1.87 bits per heavy atom. The van der Waals surface area contributed by atoms with Crippen molar-refractivity contribution < 1.29 is 14.1 Å². The number of hydrogen-bond donors (Lipinski definition) is 1. The van der Waals surface area contributed by atoms with Gasteiger partial charge in [0.2, 0.25) is 0 Å². The summed E-state index contributed by atoms with van der Waals surface area (Å²) in [7, 11) is 0. The molecule has 0 atom stereocenters. The smallest absolute Gasteiger partial charge is 0.255 e. The number of carbonyl (C=O) groups is 1. The first-order valence-electron chi connectivity index (χ1n) is 10.1. The van der Waals surface area contributed by atoms with E-state index in [4.69, 9.17) is 9.26 Å². The number of carbonyl (C=O) groups excluding carboxylic acids is 1. The average molecular weight is 416 g/mol. The van der Waals surface area contributed by atoms with Gasteiger partial charge < -0.3 is 19.1 Å². The number of ether oxygens (including phenoxy) is 1. The molecule has 0 spiro atoms. The molecule has 2 heterocycles. The van der Waals surface area contributed by atoms with Crippen LogP contribution in [0.15, 0.2) is 71.8 Å². The second kappa shape index (κ2) is 9.30. The third-order valence-electron chi connectivity index (χ3n) is 5.15. The first-order chi connectivity index (χ1) is 15.1. The largest absolute Gasteiger partial charge is 0.488 e. The Bertz CT molecular complexity index is 1150. The normalized spacial score (nSPS) is 10.8. The first-order valence-corrected chi connectivity index (χ1v) is 10.1. The molecule has 0 fully saturated rings. The van der Waals surface area contributed by atoms with E-state index >= 15 is 0 Å². The Morgan fingerprint density at radius 1 is 1.10 bits per heavy atom. The SMILES string of the molecule is Cc1noc(C)c1COc1ccccc1C(=O)NCc1ccccc1Cn1ccnc1. The van der Waals surface area contributed by atoms with E-state index < -0.39 is 0 Å². The van der Waals surface area contributed by atoms with Crippen LogP contribution < -0.4 is 10.1 Å².